The van der Waals surface area contributed by atoms with Crippen LogP contribution in [0, 0.1) is 0 Å². The lowest BCUT2D eigenvalue weighted by Gasteiger charge is -1.92. The van der Waals surface area contributed by atoms with Crippen LogP contribution in [0.4, 0.5) is 0 Å². The molecule has 0 aromatic carbocycles. The second-order valence-electron chi connectivity index (χ2n) is 1.71. The molecule has 0 unspecified atom stereocenters. The van der Waals surface area contributed by atoms with Gasteiger partial charge in [-0.1, -0.05) is 0 Å². The summed E-state index contributed by atoms with van der Waals surface area (Å²) in [4.78, 5) is 8.02. The normalized spacial score (nSPS) is 20.4. The molecule has 0 spiro atoms. The molecule has 1 rings (SSSR count). The first-order valence-electron chi connectivity index (χ1n) is 3.04. The first-order valence-corrected chi connectivity index (χ1v) is 3.04. The Bertz CT molecular complexity index is 106. The lowest BCUT2D eigenvalue weighted by molar-refractivity contribution is 0.183. The fraction of sp³-hybridized carbons (Fsp3) is 0.667. The molecule has 3 heteroatoms. The minimum atomic E-state index is 0.628. The Kier molecular flexibility index (Phi) is 3.00. The third-order valence-electron chi connectivity index (χ3n) is 1.00. The maximum atomic E-state index is 5.09. The van der Waals surface area contributed by atoms with Gasteiger partial charge in [0.15, 0.2) is 0 Å². The highest BCUT2D eigenvalue weighted by Gasteiger charge is 1.84. The fourth-order valence-electron chi connectivity index (χ4n) is 0.577. The summed E-state index contributed by atoms with van der Waals surface area (Å²) in [6, 6.07) is 0. The number of nitrogens with zero attached hydrogens (tertiary/aromatic N) is 2. The quantitative estimate of drug-likeness (QED) is 0.455. The highest BCUT2D eigenvalue weighted by Crippen LogP contribution is 1.78. The molecular weight excluding hydrogens is 116 g/mol. The summed E-state index contributed by atoms with van der Waals surface area (Å²) in [5, 5.41) is 0. The summed E-state index contributed by atoms with van der Waals surface area (Å²) >= 11 is 0. The standard InChI is InChI=1S/C6H10N2O/c1-2-8-4-6-9-5-3-7-1/h1,4H,2-3,5-6H2. The van der Waals surface area contributed by atoms with E-state index in [2.05, 4.69) is 9.98 Å². The summed E-state index contributed by atoms with van der Waals surface area (Å²) in [7, 11) is 0. The van der Waals surface area contributed by atoms with E-state index in [1.165, 1.54) is 0 Å². The van der Waals surface area contributed by atoms with Gasteiger partial charge >= 0.3 is 0 Å². The second kappa shape index (κ2) is 4.21. The van der Waals surface area contributed by atoms with Crippen LogP contribution in [0.2, 0.25) is 0 Å². The Labute approximate surface area is 54.5 Å². The van der Waals surface area contributed by atoms with Crippen molar-refractivity contribution in [3.63, 3.8) is 0 Å². The van der Waals surface area contributed by atoms with Gasteiger partial charge in [0.1, 0.15) is 0 Å². The van der Waals surface area contributed by atoms with E-state index in [1.807, 2.05) is 6.21 Å². The van der Waals surface area contributed by atoms with Gasteiger partial charge in [-0.25, -0.2) is 0 Å². The Balaban J connectivity index is 2.28. The Hall–Kier alpha value is -0.700. The highest BCUT2D eigenvalue weighted by molar-refractivity contribution is 5.65. The molecule has 0 atom stereocenters. The van der Waals surface area contributed by atoms with Gasteiger partial charge in [-0.3, -0.25) is 9.98 Å². The van der Waals surface area contributed by atoms with Crippen molar-refractivity contribution in [3.05, 3.63) is 0 Å². The van der Waals surface area contributed by atoms with Crippen LogP contribution in [0.5, 0.6) is 0 Å². The topological polar surface area (TPSA) is 34.0 Å². The van der Waals surface area contributed by atoms with Crippen LogP contribution in [-0.2, 0) is 4.74 Å². The summed E-state index contributed by atoms with van der Waals surface area (Å²) in [5.74, 6) is 0. The van der Waals surface area contributed by atoms with E-state index in [0.29, 0.717) is 19.8 Å². The number of aliphatic imine (C=N–C) groups is 2. The number of hydrogen-bond acceptors (Lipinski definition) is 3. The second-order valence-corrected chi connectivity index (χ2v) is 1.71. The van der Waals surface area contributed by atoms with Crippen LogP contribution in [0.3, 0.4) is 0 Å². The summed E-state index contributed by atoms with van der Waals surface area (Å²) < 4.78 is 5.09. The van der Waals surface area contributed by atoms with Gasteiger partial charge in [0.05, 0.1) is 26.3 Å². The van der Waals surface area contributed by atoms with Crippen molar-refractivity contribution in [2.75, 3.05) is 26.3 Å². The van der Waals surface area contributed by atoms with Crippen molar-refractivity contribution in [2.45, 2.75) is 0 Å². The number of rotatable bonds is 0. The van der Waals surface area contributed by atoms with Crippen LogP contribution in [-0.4, -0.2) is 38.7 Å². The van der Waals surface area contributed by atoms with Gasteiger partial charge in [0, 0.05) is 12.4 Å². The summed E-state index contributed by atoms with van der Waals surface area (Å²) in [6.45, 7) is 2.80. The van der Waals surface area contributed by atoms with Crippen molar-refractivity contribution in [1.29, 1.82) is 0 Å². The maximum absolute atomic E-state index is 5.09. The minimum absolute atomic E-state index is 0.628. The zero-order chi connectivity index (χ0) is 6.36. The van der Waals surface area contributed by atoms with Gasteiger partial charge in [0.25, 0.3) is 0 Å². The van der Waals surface area contributed by atoms with E-state index in [1.54, 1.807) is 6.21 Å². The van der Waals surface area contributed by atoms with E-state index < -0.39 is 0 Å². The van der Waals surface area contributed by atoms with Gasteiger partial charge < -0.3 is 4.74 Å². The van der Waals surface area contributed by atoms with Gasteiger partial charge in [-0.05, 0) is 0 Å². The molecule has 1 aliphatic rings. The van der Waals surface area contributed by atoms with Crippen molar-refractivity contribution in [3.8, 4) is 0 Å². The maximum Gasteiger partial charge on any atom is 0.0815 e. The molecule has 1 aliphatic heterocycles. The molecule has 0 saturated heterocycles. The first-order chi connectivity index (χ1) is 4.50. The monoisotopic (exact) mass is 126 g/mol. The molecular formula is C6H10N2O. The smallest absolute Gasteiger partial charge is 0.0815 e. The van der Waals surface area contributed by atoms with E-state index in [9.17, 15) is 0 Å². The molecule has 0 aromatic heterocycles. The number of hydrogen-bond donors (Lipinski definition) is 0. The van der Waals surface area contributed by atoms with Gasteiger partial charge in [0.2, 0.25) is 0 Å². The Morgan fingerprint density at radius 3 is 3.22 bits per heavy atom. The molecule has 9 heavy (non-hydrogen) atoms. The largest absolute Gasteiger partial charge is 0.374 e. The molecule has 0 fully saturated rings. The Morgan fingerprint density at radius 2 is 2.22 bits per heavy atom. The lowest BCUT2D eigenvalue weighted by atomic mass is 10.7. The summed E-state index contributed by atoms with van der Waals surface area (Å²) in [6.07, 6.45) is 3.59. The van der Waals surface area contributed by atoms with Crippen LogP contribution in [0.25, 0.3) is 0 Å². The average Bonchev–Trinajstić information content (AvgIpc) is 2.00. The highest BCUT2D eigenvalue weighted by atomic mass is 16.5. The number of ether oxygens (including phenoxy) is 1. The van der Waals surface area contributed by atoms with Crippen LogP contribution in [0.1, 0.15) is 0 Å². The molecule has 0 bridgehead atoms. The molecule has 0 radical (unpaired) electrons. The minimum Gasteiger partial charge on any atom is -0.374 e. The van der Waals surface area contributed by atoms with Crippen molar-refractivity contribution >= 4 is 12.4 Å². The fourth-order valence-corrected chi connectivity index (χ4v) is 0.577. The molecule has 3 nitrogen and oxygen atoms in total. The van der Waals surface area contributed by atoms with E-state index in [4.69, 9.17) is 4.74 Å². The van der Waals surface area contributed by atoms with Crippen molar-refractivity contribution in [2.24, 2.45) is 9.98 Å². The van der Waals surface area contributed by atoms with Crippen LogP contribution in [0.15, 0.2) is 9.98 Å². The molecule has 0 amide bonds. The van der Waals surface area contributed by atoms with Crippen molar-refractivity contribution < 1.29 is 4.74 Å². The first kappa shape index (κ1) is 6.42. The molecule has 0 saturated carbocycles. The molecule has 0 aromatic rings. The predicted octanol–water partition coefficient (Wildman–Crippen LogP) is 0.158. The summed E-state index contributed by atoms with van der Waals surface area (Å²) in [5.41, 5.74) is 0. The zero-order valence-electron chi connectivity index (χ0n) is 5.29. The zero-order valence-corrected chi connectivity index (χ0v) is 5.29. The van der Waals surface area contributed by atoms with Gasteiger partial charge in [-0.2, -0.15) is 0 Å². The Morgan fingerprint density at radius 1 is 1.22 bits per heavy atom. The van der Waals surface area contributed by atoms with E-state index in [0.717, 1.165) is 6.54 Å². The molecule has 1 heterocycles. The SMILES string of the molecule is C1=NCC=NCCOC1. The van der Waals surface area contributed by atoms with E-state index >= 15 is 0 Å². The van der Waals surface area contributed by atoms with E-state index in [-0.39, 0.29) is 0 Å². The average molecular weight is 126 g/mol. The third-order valence-corrected chi connectivity index (χ3v) is 1.00. The third kappa shape index (κ3) is 2.98. The van der Waals surface area contributed by atoms with Crippen molar-refractivity contribution in [1.82, 2.24) is 0 Å². The lowest BCUT2D eigenvalue weighted by Crippen LogP contribution is -1.99. The molecule has 0 aliphatic carbocycles. The van der Waals surface area contributed by atoms with Gasteiger partial charge in [-0.15, -0.1) is 0 Å². The molecule has 0 N–H and O–H groups in total. The van der Waals surface area contributed by atoms with Crippen LogP contribution >= 0.6 is 0 Å². The predicted molar refractivity (Wildman–Crippen MR) is 37.5 cm³/mol. The molecule has 50 valence electrons. The van der Waals surface area contributed by atoms with Crippen LogP contribution < -0.4 is 0 Å².